The minimum Gasteiger partial charge on any atom is -0.493 e. The first-order valence-corrected chi connectivity index (χ1v) is 33.7. The number of nitrogens with zero attached hydrogens (tertiary/aromatic N) is 11. The molecule has 0 saturated heterocycles. The molecule has 0 saturated carbocycles. The quantitative estimate of drug-likeness (QED) is 0.0200. The van der Waals surface area contributed by atoms with Crippen LogP contribution in [0.1, 0.15) is 52.6 Å². The Hall–Kier alpha value is -7.50. The number of hydrogen-bond acceptors (Lipinski definition) is 26. The van der Waals surface area contributed by atoms with E-state index in [1.165, 1.54) is 34.0 Å². The molecule has 2 heterocycles. The molecule has 86 heavy (non-hydrogen) atoms. The number of aryl methyl sites for hydroxylation is 4. The number of nitriles is 1. The highest BCUT2D eigenvalue weighted by Crippen LogP contribution is 2.44. The molecule has 0 spiro atoms. The van der Waals surface area contributed by atoms with Gasteiger partial charge in [-0.15, -0.1) is 69.2 Å². The lowest BCUT2D eigenvalue weighted by atomic mass is 10.1. The maximum absolute atomic E-state index is 11.6. The number of pyridine rings is 1. The minimum absolute atomic E-state index is 0.0202. The van der Waals surface area contributed by atoms with Gasteiger partial charge in [-0.25, -0.2) is 4.98 Å². The monoisotopic (exact) mass is 1340 g/mol. The van der Waals surface area contributed by atoms with Gasteiger partial charge in [0.1, 0.15) is 23.1 Å². The second-order valence-corrected chi connectivity index (χ2v) is 26.2. The predicted molar refractivity (Wildman–Crippen MR) is 320 cm³/mol. The van der Waals surface area contributed by atoms with Crippen LogP contribution in [0.25, 0.3) is 16.7 Å². The molecule has 0 atom stereocenters. The normalized spacial score (nSPS) is 12.0. The van der Waals surface area contributed by atoms with Crippen molar-refractivity contribution in [1.29, 1.82) is 5.26 Å². The van der Waals surface area contributed by atoms with Crippen LogP contribution in [-0.4, -0.2) is 114 Å². The molecule has 5 aromatic carbocycles. The molecule has 2 aromatic heterocycles. The molecule has 0 amide bonds. The van der Waals surface area contributed by atoms with E-state index in [-0.39, 0.29) is 71.5 Å². The summed E-state index contributed by atoms with van der Waals surface area (Å²) in [6, 6.07) is 24.4. The fourth-order valence-electron chi connectivity index (χ4n) is 7.53. The largest absolute Gasteiger partial charge is 0.493 e. The van der Waals surface area contributed by atoms with Gasteiger partial charge in [0.15, 0.2) is 11.3 Å². The molecule has 4 N–H and O–H groups in total. The van der Waals surface area contributed by atoms with Gasteiger partial charge in [-0.2, -0.15) is 51.0 Å². The molecule has 0 aliphatic carbocycles. The first kappa shape index (κ1) is 69.3. The van der Waals surface area contributed by atoms with Crippen LogP contribution in [0.4, 0.5) is 45.5 Å². The van der Waals surface area contributed by atoms with Crippen molar-refractivity contribution in [2.45, 2.75) is 63.7 Å². The number of imidazole rings is 1. The van der Waals surface area contributed by atoms with E-state index in [0.29, 0.717) is 82.3 Å². The van der Waals surface area contributed by atoms with Crippen molar-refractivity contribution in [3.63, 3.8) is 0 Å². The van der Waals surface area contributed by atoms with Gasteiger partial charge in [0.25, 0.3) is 30.4 Å². The number of ether oxygens (including phenoxy) is 1. The number of aromatic hydroxyl groups is 1. The second kappa shape index (κ2) is 31.2. The van der Waals surface area contributed by atoms with E-state index in [0.717, 1.165) is 5.56 Å². The zero-order valence-electron chi connectivity index (χ0n) is 45.6. The molecule has 7 rings (SSSR count). The maximum atomic E-state index is 11.6. The summed E-state index contributed by atoms with van der Waals surface area (Å²) in [6.07, 6.45) is 0.121. The van der Waals surface area contributed by atoms with Gasteiger partial charge in [0.2, 0.25) is 5.88 Å². The molecule has 7 aromatic rings. The Morgan fingerprint density at radius 3 is 1.52 bits per heavy atom. The number of aromatic nitrogens is 2. The van der Waals surface area contributed by atoms with Crippen molar-refractivity contribution in [2.24, 2.45) is 40.9 Å². The van der Waals surface area contributed by atoms with Gasteiger partial charge in [-0.3, -0.25) is 18.1 Å². The number of para-hydroxylation sites is 1. The van der Waals surface area contributed by atoms with Crippen molar-refractivity contribution in [3.05, 3.63) is 117 Å². The Morgan fingerprint density at radius 2 is 1.03 bits per heavy atom. The van der Waals surface area contributed by atoms with Crippen LogP contribution in [0.15, 0.2) is 130 Å². The molecule has 28 nitrogen and oxygen atoms in total. The zero-order valence-corrected chi connectivity index (χ0v) is 52.1. The minimum atomic E-state index is -4.31. The van der Waals surface area contributed by atoms with Gasteiger partial charge >= 0.3 is 21.2 Å². The summed E-state index contributed by atoms with van der Waals surface area (Å²) in [7, 11) is -19.0. The molecule has 0 fully saturated rings. The highest BCUT2D eigenvalue weighted by atomic mass is 35.5. The first-order valence-electron chi connectivity index (χ1n) is 24.5. The van der Waals surface area contributed by atoms with Crippen LogP contribution < -0.4 is 4.74 Å². The molecule has 456 valence electrons. The topological polar surface area (TPSA) is 435 Å². The fourth-order valence-corrected chi connectivity index (χ4v) is 11.4. The lowest BCUT2D eigenvalue weighted by Gasteiger charge is -2.12. The van der Waals surface area contributed by atoms with E-state index in [4.69, 9.17) is 41.6 Å². The van der Waals surface area contributed by atoms with Crippen LogP contribution in [0.5, 0.6) is 11.6 Å². The smallest absolute Gasteiger partial charge is 0.425 e. The molecule has 0 bridgehead atoms. The summed E-state index contributed by atoms with van der Waals surface area (Å²) >= 11 is 8.55. The van der Waals surface area contributed by atoms with Crippen LogP contribution >= 0.6 is 35.1 Å². The Bertz CT molecular complexity index is 4430. The van der Waals surface area contributed by atoms with E-state index >= 15 is 0 Å². The summed E-state index contributed by atoms with van der Waals surface area (Å²) in [6.45, 7) is 8.58. The van der Waals surface area contributed by atoms with E-state index < -0.39 is 68.8 Å². The molecule has 0 aliphatic heterocycles. The van der Waals surface area contributed by atoms with Crippen molar-refractivity contribution in [2.75, 3.05) is 35.4 Å². The second-order valence-electron chi connectivity index (χ2n) is 18.0. The average Bonchev–Trinajstić information content (AvgIpc) is 1.59. The summed E-state index contributed by atoms with van der Waals surface area (Å²) in [5.74, 6) is -1.23. The van der Waals surface area contributed by atoms with Crippen molar-refractivity contribution in [1.82, 2.24) is 9.38 Å². The molecule has 0 radical (unpaired) electrons. The third-order valence-electron chi connectivity index (χ3n) is 11.5. The van der Waals surface area contributed by atoms with Gasteiger partial charge in [-0.05, 0) is 148 Å². The van der Waals surface area contributed by atoms with Crippen molar-refractivity contribution < 1.29 is 74.0 Å². The van der Waals surface area contributed by atoms with Crippen molar-refractivity contribution in [3.8, 4) is 17.7 Å². The van der Waals surface area contributed by atoms with E-state index in [9.17, 15) is 49.3 Å². The maximum Gasteiger partial charge on any atom is 0.425 e. The Labute approximate surface area is 509 Å². The molecule has 0 aliphatic rings. The summed E-state index contributed by atoms with van der Waals surface area (Å²) in [5.41, 5.74) is 7.15. The molecular formula is C50H50ClN11O17S7. The number of halogens is 1. The van der Waals surface area contributed by atoms with Gasteiger partial charge < -0.3 is 9.84 Å². The number of hydrogen-bond donors (Lipinski definition) is 4. The Kier molecular flexibility index (Phi) is 25.2. The van der Waals surface area contributed by atoms with Gasteiger partial charge in [0, 0.05) is 26.4 Å². The van der Waals surface area contributed by atoms with E-state index in [2.05, 4.69) is 52.0 Å². The van der Waals surface area contributed by atoms with E-state index in [1.54, 1.807) is 87.5 Å². The number of azo groups is 4. The van der Waals surface area contributed by atoms with Gasteiger partial charge in [0.05, 0.1) is 69.0 Å². The molecular weight excluding hydrogens is 1290 g/mol. The van der Waals surface area contributed by atoms with Crippen molar-refractivity contribution >= 4 is 149 Å². The summed E-state index contributed by atoms with van der Waals surface area (Å²) < 4.78 is 156. The predicted octanol–water partition coefficient (Wildman–Crippen LogP) is 12.3. The lowest BCUT2D eigenvalue weighted by molar-refractivity contribution is 0.317. The highest BCUT2D eigenvalue weighted by Gasteiger charge is 2.22. The number of thioether (sulfide) groups is 2. The number of rotatable bonds is 23. The Balaban J connectivity index is 0.00000159. The van der Waals surface area contributed by atoms with Crippen LogP contribution in [0.2, 0.25) is 5.02 Å². The number of benzene rings is 5. The highest BCUT2D eigenvalue weighted by molar-refractivity contribution is 7.99. The van der Waals surface area contributed by atoms with Crippen LogP contribution in [-0.2, 0) is 51.6 Å². The fraction of sp³-hybridized carbons (Fsp3) is 0.280. The third kappa shape index (κ3) is 21.5. The molecule has 0 unspecified atom stereocenters. The van der Waals surface area contributed by atoms with E-state index in [1.807, 2.05) is 19.9 Å². The summed E-state index contributed by atoms with van der Waals surface area (Å²) in [4.78, 5) is 5.75. The zero-order chi connectivity index (χ0) is 63.7. The van der Waals surface area contributed by atoms with Crippen LogP contribution in [0.3, 0.4) is 0 Å². The SMILES string of the molecule is Cc1cc(N=Nc2cc(SCCCS(=O)(=O)O)c(N=Nc3cc(OCCCS(=O)(=O)O)c(N=Nc4c(C)c(C#N)c5nc6c(C)cccc6n5c4O)cc3C)cc2C)c(SCCCS(=O)(=O)O)cc1N=Nc1ccc(Cl)cc1.O=S(=O)=O.O=S(=O)=O. The van der Waals surface area contributed by atoms with Crippen LogP contribution in [0, 0.1) is 45.9 Å². The average molecular weight is 1340 g/mol. The first-order chi connectivity index (χ1) is 40.3. The van der Waals surface area contributed by atoms with Gasteiger partial charge in [-0.1, -0.05) is 23.7 Å². The summed E-state index contributed by atoms with van der Waals surface area (Å²) in [5, 5.41) is 58.3. The third-order valence-corrected chi connectivity index (χ3v) is 16.4. The standard InChI is InChI=1S/C50H50ClN11O11S5.2O3S/c1-29-10-6-11-43-47(29)53-49-36(28-52)33(5)48(50(63)62(43)49)61-58-40-22-30(2)37(25-44(40)73-16-7-19-76(64,65)66)56-59-41-24-32(4)39(27-46(41)75-18-9-21-78(70,71)72)57-60-42-23-31(3)38(55-54-35-14-12-34(51)13-15-35)26-45(42)74-17-8-20-77(67,68)69;2*1-4(2)3/h6,10-15,22-27,63H,7-9,16-21H2,1-5H3,(H,64,65,66)(H,67,68,69)(H,70,71,72);;. The lowest BCUT2D eigenvalue weighted by Crippen LogP contribution is -2.08. The number of fused-ring (bicyclic) bond motifs is 3. The molecule has 36 heteroatoms. The Morgan fingerprint density at radius 1 is 0.593 bits per heavy atom.